The van der Waals surface area contributed by atoms with E-state index in [9.17, 15) is 0 Å². The van der Waals surface area contributed by atoms with Gasteiger partial charge < -0.3 is 8.83 Å². The van der Waals surface area contributed by atoms with Gasteiger partial charge in [0, 0.05) is 11.3 Å². The minimum absolute atomic E-state index is 0.161. The van der Waals surface area contributed by atoms with Gasteiger partial charge in [0.25, 0.3) is 0 Å². The molecule has 1 aliphatic carbocycles. The van der Waals surface area contributed by atoms with Crippen LogP contribution in [0.2, 0.25) is 0 Å². The molecule has 24 heavy (non-hydrogen) atoms. The molecule has 0 saturated heterocycles. The molecule has 1 aromatic carbocycles. The number of nitrogens with zero attached hydrogens (tertiary/aromatic N) is 3. The first kappa shape index (κ1) is 15.4. The lowest BCUT2D eigenvalue weighted by Gasteiger charge is -2.25. The first-order chi connectivity index (χ1) is 11.7. The maximum absolute atomic E-state index is 6.04. The molecular weight excluding hydrogens is 302 g/mol. The molecule has 4 rings (SSSR count). The summed E-state index contributed by atoms with van der Waals surface area (Å²) in [7, 11) is 0. The predicted molar refractivity (Wildman–Crippen MR) is 91.6 cm³/mol. The van der Waals surface area contributed by atoms with Crippen molar-refractivity contribution in [2.45, 2.75) is 51.6 Å². The summed E-state index contributed by atoms with van der Waals surface area (Å²) in [5.74, 6) is 2.98. The van der Waals surface area contributed by atoms with E-state index in [-0.39, 0.29) is 6.04 Å². The smallest absolute Gasteiger partial charge is 0.230 e. The molecule has 5 heteroatoms. The highest BCUT2D eigenvalue weighted by molar-refractivity contribution is 5.77. The third-order valence-electron chi connectivity index (χ3n) is 4.66. The van der Waals surface area contributed by atoms with Crippen molar-refractivity contribution in [3.8, 4) is 0 Å². The summed E-state index contributed by atoms with van der Waals surface area (Å²) in [6, 6.07) is 10.4. The van der Waals surface area contributed by atoms with E-state index in [0.717, 1.165) is 35.6 Å². The van der Waals surface area contributed by atoms with Crippen molar-refractivity contribution in [1.82, 2.24) is 15.1 Å². The molecule has 0 amide bonds. The Kier molecular flexibility index (Phi) is 4.10. The van der Waals surface area contributed by atoms with Crippen LogP contribution < -0.4 is 0 Å². The van der Waals surface area contributed by atoms with Crippen molar-refractivity contribution < 1.29 is 8.83 Å². The number of furan rings is 1. The first-order valence-corrected chi connectivity index (χ1v) is 8.79. The molecule has 0 aliphatic heterocycles. The Balaban J connectivity index is 1.53. The van der Waals surface area contributed by atoms with Crippen molar-refractivity contribution in [2.24, 2.45) is 0 Å². The van der Waals surface area contributed by atoms with E-state index in [4.69, 9.17) is 8.83 Å². The molecule has 3 aromatic rings. The van der Waals surface area contributed by atoms with E-state index in [1.54, 1.807) is 0 Å². The average molecular weight is 325 g/mol. The monoisotopic (exact) mass is 325 g/mol. The van der Waals surface area contributed by atoms with E-state index < -0.39 is 0 Å². The third-order valence-corrected chi connectivity index (χ3v) is 4.66. The number of aromatic nitrogens is 2. The molecule has 2 heterocycles. The van der Waals surface area contributed by atoms with Crippen molar-refractivity contribution in [3.05, 3.63) is 47.9 Å². The Labute approximate surface area is 141 Å². The number of rotatable bonds is 7. The molecular formula is C19H23N3O2. The van der Waals surface area contributed by atoms with Gasteiger partial charge >= 0.3 is 0 Å². The standard InChI is InChI=1S/C19H23N3O2/c1-3-10-22(12-18-20-21-19(24-18)14-8-9-14)13(2)17-11-15-6-4-5-7-16(15)23-17/h4-7,11,13-14H,3,8-10,12H2,1-2H3. The largest absolute Gasteiger partial charge is 0.459 e. The fourth-order valence-electron chi connectivity index (χ4n) is 3.08. The summed E-state index contributed by atoms with van der Waals surface area (Å²) < 4.78 is 11.9. The zero-order chi connectivity index (χ0) is 16.5. The van der Waals surface area contributed by atoms with Gasteiger partial charge in [0.05, 0.1) is 12.6 Å². The third kappa shape index (κ3) is 3.08. The van der Waals surface area contributed by atoms with Crippen LogP contribution in [-0.2, 0) is 6.54 Å². The second kappa shape index (κ2) is 6.40. The molecule has 126 valence electrons. The van der Waals surface area contributed by atoms with Gasteiger partial charge in [0.2, 0.25) is 11.8 Å². The molecule has 0 bridgehead atoms. The van der Waals surface area contributed by atoms with Gasteiger partial charge in [-0.25, -0.2) is 0 Å². The van der Waals surface area contributed by atoms with Gasteiger partial charge in [-0.2, -0.15) is 0 Å². The SMILES string of the molecule is CCCN(Cc1nnc(C2CC2)o1)C(C)c1cc2ccccc2o1. The molecule has 0 N–H and O–H groups in total. The molecule has 0 spiro atoms. The maximum Gasteiger partial charge on any atom is 0.230 e. The van der Waals surface area contributed by atoms with Gasteiger partial charge in [-0.1, -0.05) is 25.1 Å². The van der Waals surface area contributed by atoms with E-state index in [2.05, 4.69) is 41.1 Å². The van der Waals surface area contributed by atoms with E-state index in [1.807, 2.05) is 18.2 Å². The summed E-state index contributed by atoms with van der Waals surface area (Å²) in [6.45, 7) is 5.97. The van der Waals surface area contributed by atoms with Crippen LogP contribution >= 0.6 is 0 Å². The Bertz CT molecular complexity index is 786. The quantitative estimate of drug-likeness (QED) is 0.632. The first-order valence-electron chi connectivity index (χ1n) is 8.79. The predicted octanol–water partition coefficient (Wildman–Crippen LogP) is 4.67. The Morgan fingerprint density at radius 2 is 2.04 bits per heavy atom. The van der Waals surface area contributed by atoms with Crippen molar-refractivity contribution in [3.63, 3.8) is 0 Å². The second-order valence-corrected chi connectivity index (χ2v) is 6.64. The lowest BCUT2D eigenvalue weighted by molar-refractivity contribution is 0.164. The van der Waals surface area contributed by atoms with Gasteiger partial charge in [-0.15, -0.1) is 10.2 Å². The van der Waals surface area contributed by atoms with E-state index in [0.29, 0.717) is 18.4 Å². The minimum Gasteiger partial charge on any atom is -0.459 e. The molecule has 2 aromatic heterocycles. The fourth-order valence-corrected chi connectivity index (χ4v) is 3.08. The Hall–Kier alpha value is -2.14. The zero-order valence-corrected chi connectivity index (χ0v) is 14.2. The average Bonchev–Trinajstić information content (AvgIpc) is 3.18. The van der Waals surface area contributed by atoms with E-state index in [1.165, 1.54) is 12.8 Å². The summed E-state index contributed by atoms with van der Waals surface area (Å²) in [4.78, 5) is 2.34. The van der Waals surface area contributed by atoms with Crippen molar-refractivity contribution in [1.29, 1.82) is 0 Å². The molecule has 1 aliphatic rings. The van der Waals surface area contributed by atoms with Crippen LogP contribution in [0, 0.1) is 0 Å². The molecule has 0 radical (unpaired) electrons. The Morgan fingerprint density at radius 3 is 2.79 bits per heavy atom. The molecule has 1 saturated carbocycles. The van der Waals surface area contributed by atoms with Crippen LogP contribution in [0.5, 0.6) is 0 Å². The highest BCUT2D eigenvalue weighted by Crippen LogP contribution is 2.39. The lowest BCUT2D eigenvalue weighted by atomic mass is 10.2. The summed E-state index contributed by atoms with van der Waals surface area (Å²) in [5.41, 5.74) is 0.935. The topological polar surface area (TPSA) is 55.3 Å². The van der Waals surface area contributed by atoms with Crippen LogP contribution in [0.15, 0.2) is 39.2 Å². The molecule has 1 unspecified atom stereocenters. The number of benzene rings is 1. The van der Waals surface area contributed by atoms with Crippen molar-refractivity contribution in [2.75, 3.05) is 6.54 Å². The molecule has 1 fully saturated rings. The van der Waals surface area contributed by atoms with Crippen LogP contribution in [0.3, 0.4) is 0 Å². The molecule has 1 atom stereocenters. The summed E-state index contributed by atoms with van der Waals surface area (Å²) in [5, 5.41) is 9.56. The van der Waals surface area contributed by atoms with Crippen LogP contribution in [0.1, 0.15) is 62.6 Å². The number of hydrogen-bond donors (Lipinski definition) is 0. The van der Waals surface area contributed by atoms with Crippen LogP contribution in [0.4, 0.5) is 0 Å². The highest BCUT2D eigenvalue weighted by Gasteiger charge is 2.30. The molecule has 5 nitrogen and oxygen atoms in total. The fraction of sp³-hybridized carbons (Fsp3) is 0.474. The van der Waals surface area contributed by atoms with Gasteiger partial charge in [0.15, 0.2) is 0 Å². The van der Waals surface area contributed by atoms with Gasteiger partial charge in [-0.05, 0) is 44.9 Å². The maximum atomic E-state index is 6.04. The van der Waals surface area contributed by atoms with E-state index >= 15 is 0 Å². The number of para-hydroxylation sites is 1. The van der Waals surface area contributed by atoms with Crippen LogP contribution in [-0.4, -0.2) is 21.6 Å². The summed E-state index contributed by atoms with van der Waals surface area (Å²) >= 11 is 0. The normalized spacial score (nSPS) is 16.1. The highest BCUT2D eigenvalue weighted by atomic mass is 16.4. The summed E-state index contributed by atoms with van der Waals surface area (Å²) in [6.07, 6.45) is 3.42. The van der Waals surface area contributed by atoms with Gasteiger partial charge in [0.1, 0.15) is 11.3 Å². The van der Waals surface area contributed by atoms with Gasteiger partial charge in [-0.3, -0.25) is 4.90 Å². The minimum atomic E-state index is 0.161. The number of hydrogen-bond acceptors (Lipinski definition) is 5. The number of fused-ring (bicyclic) bond motifs is 1. The zero-order valence-electron chi connectivity index (χ0n) is 14.2. The second-order valence-electron chi connectivity index (χ2n) is 6.64. The Morgan fingerprint density at radius 1 is 1.21 bits per heavy atom. The van der Waals surface area contributed by atoms with Crippen molar-refractivity contribution >= 4 is 11.0 Å². The van der Waals surface area contributed by atoms with Crippen LogP contribution in [0.25, 0.3) is 11.0 Å². The lowest BCUT2D eigenvalue weighted by Crippen LogP contribution is -2.27.